The Labute approximate surface area is 156 Å². The summed E-state index contributed by atoms with van der Waals surface area (Å²) in [6.07, 6.45) is 2.95. The van der Waals surface area contributed by atoms with Gasteiger partial charge >= 0.3 is 0 Å². The third-order valence-electron chi connectivity index (χ3n) is 3.89. The number of hydrogen-bond acceptors (Lipinski definition) is 3. The maximum atomic E-state index is 12.9. The number of hydrogen-bond donors (Lipinski definition) is 1. The summed E-state index contributed by atoms with van der Waals surface area (Å²) in [6, 6.07) is 10.9. The smallest absolute Gasteiger partial charge is 0.265 e. The molecule has 0 fully saturated rings. The van der Waals surface area contributed by atoms with E-state index >= 15 is 0 Å². The first kappa shape index (κ1) is 18.4. The molecule has 2 amide bonds. The molecule has 2 aromatic carbocycles. The van der Waals surface area contributed by atoms with Gasteiger partial charge in [-0.25, -0.2) is 4.39 Å². The van der Waals surface area contributed by atoms with Crippen molar-refractivity contribution in [2.45, 2.75) is 6.92 Å². The lowest BCUT2D eigenvalue weighted by Crippen LogP contribution is -2.39. The SMILES string of the molecule is C=C(C)CN1C(=O)COc2ccc(NC(=O)/C=C/c3ccc(F)cc3)cc21. The minimum absolute atomic E-state index is 0.0214. The molecular formula is C21H19FN2O3. The second kappa shape index (κ2) is 7.86. The zero-order chi connectivity index (χ0) is 19.4. The van der Waals surface area contributed by atoms with Gasteiger partial charge in [0.1, 0.15) is 11.6 Å². The van der Waals surface area contributed by atoms with Crippen LogP contribution in [-0.4, -0.2) is 25.0 Å². The van der Waals surface area contributed by atoms with Crippen molar-refractivity contribution < 1.29 is 18.7 Å². The van der Waals surface area contributed by atoms with Crippen molar-refractivity contribution in [3.05, 3.63) is 72.1 Å². The highest BCUT2D eigenvalue weighted by molar-refractivity contribution is 6.03. The molecular weight excluding hydrogens is 347 g/mol. The first-order chi connectivity index (χ1) is 12.9. The molecule has 0 atom stereocenters. The monoisotopic (exact) mass is 366 g/mol. The van der Waals surface area contributed by atoms with E-state index in [1.807, 2.05) is 6.92 Å². The van der Waals surface area contributed by atoms with E-state index in [1.54, 1.807) is 41.3 Å². The van der Waals surface area contributed by atoms with Crippen molar-refractivity contribution in [2.24, 2.45) is 0 Å². The van der Waals surface area contributed by atoms with Gasteiger partial charge in [0.2, 0.25) is 5.91 Å². The zero-order valence-electron chi connectivity index (χ0n) is 14.9. The van der Waals surface area contributed by atoms with Gasteiger partial charge in [-0.15, -0.1) is 0 Å². The van der Waals surface area contributed by atoms with Crippen molar-refractivity contribution in [3.8, 4) is 5.75 Å². The number of halogens is 1. The number of carbonyl (C=O) groups is 2. The molecule has 2 aromatic rings. The number of nitrogens with zero attached hydrogens (tertiary/aromatic N) is 1. The fraction of sp³-hybridized carbons (Fsp3) is 0.143. The van der Waals surface area contributed by atoms with Crippen LogP contribution in [0.25, 0.3) is 6.08 Å². The topological polar surface area (TPSA) is 58.6 Å². The summed E-state index contributed by atoms with van der Waals surface area (Å²) < 4.78 is 18.3. The quantitative estimate of drug-likeness (QED) is 0.647. The highest BCUT2D eigenvalue weighted by Crippen LogP contribution is 2.34. The molecule has 138 valence electrons. The van der Waals surface area contributed by atoms with E-state index in [0.717, 1.165) is 5.57 Å². The molecule has 0 aromatic heterocycles. The van der Waals surface area contributed by atoms with Crippen LogP contribution < -0.4 is 15.0 Å². The predicted molar refractivity (Wildman–Crippen MR) is 103 cm³/mol. The molecule has 0 saturated heterocycles. The number of rotatable bonds is 5. The Hall–Kier alpha value is -3.41. The molecule has 27 heavy (non-hydrogen) atoms. The summed E-state index contributed by atoms with van der Waals surface area (Å²) >= 11 is 0. The van der Waals surface area contributed by atoms with E-state index < -0.39 is 0 Å². The normalized spacial score (nSPS) is 13.3. The molecule has 1 N–H and O–H groups in total. The Kier molecular flexibility index (Phi) is 5.35. The summed E-state index contributed by atoms with van der Waals surface area (Å²) in [5.41, 5.74) is 2.68. The first-order valence-corrected chi connectivity index (χ1v) is 8.38. The van der Waals surface area contributed by atoms with Crippen LogP contribution >= 0.6 is 0 Å². The highest BCUT2D eigenvalue weighted by atomic mass is 19.1. The zero-order valence-corrected chi connectivity index (χ0v) is 14.9. The first-order valence-electron chi connectivity index (χ1n) is 8.38. The van der Waals surface area contributed by atoms with Crippen molar-refractivity contribution in [1.82, 2.24) is 0 Å². The van der Waals surface area contributed by atoms with Crippen molar-refractivity contribution in [1.29, 1.82) is 0 Å². The van der Waals surface area contributed by atoms with E-state index in [9.17, 15) is 14.0 Å². The minimum atomic E-state index is -0.339. The third-order valence-corrected chi connectivity index (χ3v) is 3.89. The fourth-order valence-electron chi connectivity index (χ4n) is 2.65. The largest absolute Gasteiger partial charge is 0.482 e. The fourth-order valence-corrected chi connectivity index (χ4v) is 2.65. The lowest BCUT2D eigenvalue weighted by Gasteiger charge is -2.30. The highest BCUT2D eigenvalue weighted by Gasteiger charge is 2.25. The molecule has 0 unspecified atom stereocenters. The van der Waals surface area contributed by atoms with Gasteiger partial charge < -0.3 is 15.0 Å². The second-order valence-electron chi connectivity index (χ2n) is 6.28. The van der Waals surface area contributed by atoms with Gasteiger partial charge in [0.15, 0.2) is 6.61 Å². The average molecular weight is 366 g/mol. The lowest BCUT2D eigenvalue weighted by molar-refractivity contribution is -0.121. The second-order valence-corrected chi connectivity index (χ2v) is 6.28. The van der Waals surface area contributed by atoms with Gasteiger partial charge in [0, 0.05) is 18.3 Å². The maximum absolute atomic E-state index is 12.9. The Bertz CT molecular complexity index is 920. The minimum Gasteiger partial charge on any atom is -0.482 e. The molecule has 1 aliphatic heterocycles. The van der Waals surface area contributed by atoms with Crippen LogP contribution in [0.4, 0.5) is 15.8 Å². The van der Waals surface area contributed by atoms with E-state index in [1.165, 1.54) is 18.2 Å². The summed E-state index contributed by atoms with van der Waals surface area (Å²) in [5.74, 6) is -0.253. The molecule has 1 heterocycles. The number of ether oxygens (including phenoxy) is 1. The van der Waals surface area contributed by atoms with Crippen LogP contribution in [0, 0.1) is 5.82 Å². The molecule has 1 aliphatic rings. The van der Waals surface area contributed by atoms with E-state index in [4.69, 9.17) is 4.74 Å². The molecule has 0 saturated carbocycles. The number of benzene rings is 2. The van der Waals surface area contributed by atoms with Crippen LogP contribution in [0.15, 0.2) is 60.7 Å². The Morgan fingerprint density at radius 1 is 1.30 bits per heavy atom. The van der Waals surface area contributed by atoms with Gasteiger partial charge in [0.25, 0.3) is 5.91 Å². The van der Waals surface area contributed by atoms with Crippen molar-refractivity contribution in [2.75, 3.05) is 23.4 Å². The number of amides is 2. The van der Waals surface area contributed by atoms with Gasteiger partial charge in [-0.3, -0.25) is 9.59 Å². The van der Waals surface area contributed by atoms with Crippen LogP contribution in [-0.2, 0) is 9.59 Å². The van der Waals surface area contributed by atoms with Gasteiger partial charge in [-0.1, -0.05) is 24.3 Å². The van der Waals surface area contributed by atoms with Crippen LogP contribution in [0.2, 0.25) is 0 Å². The molecule has 0 spiro atoms. The Balaban J connectivity index is 1.75. The van der Waals surface area contributed by atoms with Crippen molar-refractivity contribution in [3.63, 3.8) is 0 Å². The average Bonchev–Trinajstić information content (AvgIpc) is 2.63. The molecule has 0 aliphatic carbocycles. The number of nitrogens with one attached hydrogen (secondary N) is 1. The molecule has 0 radical (unpaired) electrons. The summed E-state index contributed by atoms with van der Waals surface area (Å²) in [7, 11) is 0. The van der Waals surface area contributed by atoms with Gasteiger partial charge in [-0.2, -0.15) is 0 Å². The van der Waals surface area contributed by atoms with Crippen LogP contribution in [0.3, 0.4) is 0 Å². The van der Waals surface area contributed by atoms with E-state index in [2.05, 4.69) is 11.9 Å². The summed E-state index contributed by atoms with van der Waals surface area (Å²) in [5, 5.41) is 2.75. The molecule has 3 rings (SSSR count). The van der Waals surface area contributed by atoms with E-state index in [0.29, 0.717) is 29.2 Å². The molecule has 5 nitrogen and oxygen atoms in total. The van der Waals surface area contributed by atoms with Crippen LogP contribution in [0.1, 0.15) is 12.5 Å². The molecule has 6 heteroatoms. The number of carbonyl (C=O) groups excluding carboxylic acids is 2. The van der Waals surface area contributed by atoms with E-state index in [-0.39, 0.29) is 24.2 Å². The lowest BCUT2D eigenvalue weighted by atomic mass is 10.1. The maximum Gasteiger partial charge on any atom is 0.265 e. The third kappa shape index (κ3) is 4.61. The Morgan fingerprint density at radius 3 is 2.74 bits per heavy atom. The molecule has 0 bridgehead atoms. The standard InChI is InChI=1S/C21H19FN2O3/c1-14(2)12-24-18-11-17(8-9-19(18)27-13-21(24)26)23-20(25)10-5-15-3-6-16(22)7-4-15/h3-11H,1,12-13H2,2H3,(H,23,25)/b10-5+. The number of fused-ring (bicyclic) bond motifs is 1. The van der Waals surface area contributed by atoms with Gasteiger partial charge in [0.05, 0.1) is 5.69 Å². The van der Waals surface area contributed by atoms with Crippen molar-refractivity contribution >= 4 is 29.3 Å². The predicted octanol–water partition coefficient (Wildman–Crippen LogP) is 3.78. The number of anilines is 2. The van der Waals surface area contributed by atoms with Gasteiger partial charge in [-0.05, 0) is 48.9 Å². The van der Waals surface area contributed by atoms with Crippen LogP contribution in [0.5, 0.6) is 5.75 Å². The summed E-state index contributed by atoms with van der Waals surface area (Å²) in [4.78, 5) is 25.9. The summed E-state index contributed by atoms with van der Waals surface area (Å²) in [6.45, 7) is 6.06. The Morgan fingerprint density at radius 2 is 2.04 bits per heavy atom.